The number of sulfonamides is 1. The second-order valence-electron chi connectivity index (χ2n) is 6.49. The van der Waals surface area contributed by atoms with Crippen LogP contribution in [0.25, 0.3) is 0 Å². The molecule has 0 unspecified atom stereocenters. The zero-order valence-electron chi connectivity index (χ0n) is 13.9. The first kappa shape index (κ1) is 18.3. The number of thiophene rings is 1. The van der Waals surface area contributed by atoms with Crippen molar-refractivity contribution in [2.75, 3.05) is 13.1 Å². The van der Waals surface area contributed by atoms with Gasteiger partial charge in [0, 0.05) is 25.2 Å². The van der Waals surface area contributed by atoms with Crippen molar-refractivity contribution in [2.45, 2.75) is 54.8 Å². The predicted molar refractivity (Wildman–Crippen MR) is 94.6 cm³/mol. The Hall–Kier alpha value is -1.45. The standard InChI is InChI=1S/C16H23N3O4S2/c20-15(16(21)18-12-6-7-12)17-9-8-13-4-1-2-10-19(13)25(22,23)14-5-3-11-24-14/h3,5,11-13H,1-2,4,6-10H2,(H,17,20)(H,18,21)/t13-/m0/s1. The van der Waals surface area contributed by atoms with Gasteiger partial charge in [-0.25, -0.2) is 8.42 Å². The number of nitrogens with one attached hydrogen (secondary N) is 2. The molecule has 0 spiro atoms. The van der Waals surface area contributed by atoms with Crippen LogP contribution in [0.4, 0.5) is 0 Å². The van der Waals surface area contributed by atoms with E-state index in [1.54, 1.807) is 21.8 Å². The van der Waals surface area contributed by atoms with Crippen molar-refractivity contribution in [1.82, 2.24) is 14.9 Å². The summed E-state index contributed by atoms with van der Waals surface area (Å²) in [6, 6.07) is 3.35. The molecule has 1 saturated carbocycles. The largest absolute Gasteiger partial charge is 0.348 e. The highest BCUT2D eigenvalue weighted by atomic mass is 32.2. The molecule has 2 fully saturated rings. The maximum Gasteiger partial charge on any atom is 0.309 e. The summed E-state index contributed by atoms with van der Waals surface area (Å²) in [5.74, 6) is -1.25. The topological polar surface area (TPSA) is 95.6 Å². The smallest absolute Gasteiger partial charge is 0.309 e. The molecule has 1 aliphatic carbocycles. The lowest BCUT2D eigenvalue weighted by Crippen LogP contribution is -2.46. The Balaban J connectivity index is 1.54. The monoisotopic (exact) mass is 385 g/mol. The molecule has 1 saturated heterocycles. The molecular formula is C16H23N3O4S2. The lowest BCUT2D eigenvalue weighted by molar-refractivity contribution is -0.139. The van der Waals surface area contributed by atoms with Crippen molar-refractivity contribution in [3.05, 3.63) is 17.5 Å². The van der Waals surface area contributed by atoms with Crippen molar-refractivity contribution in [3.63, 3.8) is 0 Å². The van der Waals surface area contributed by atoms with Crippen molar-refractivity contribution in [1.29, 1.82) is 0 Å². The zero-order chi connectivity index (χ0) is 17.9. The summed E-state index contributed by atoms with van der Waals surface area (Å²) in [4.78, 5) is 23.4. The van der Waals surface area contributed by atoms with Crippen LogP contribution in [0, 0.1) is 0 Å². The van der Waals surface area contributed by atoms with Crippen LogP contribution >= 0.6 is 11.3 Å². The van der Waals surface area contributed by atoms with Gasteiger partial charge in [-0.1, -0.05) is 12.5 Å². The number of piperidine rings is 1. The normalized spacial score (nSPS) is 21.7. The molecule has 1 atom stereocenters. The van der Waals surface area contributed by atoms with Crippen molar-refractivity contribution in [3.8, 4) is 0 Å². The van der Waals surface area contributed by atoms with Crippen LogP contribution < -0.4 is 10.6 Å². The molecule has 25 heavy (non-hydrogen) atoms. The molecule has 2 heterocycles. The molecule has 2 N–H and O–H groups in total. The summed E-state index contributed by atoms with van der Waals surface area (Å²) in [6.07, 6.45) is 4.95. The summed E-state index contributed by atoms with van der Waals surface area (Å²) in [6.45, 7) is 0.791. The van der Waals surface area contributed by atoms with Gasteiger partial charge in [0.1, 0.15) is 4.21 Å². The molecular weight excluding hydrogens is 362 g/mol. The zero-order valence-corrected chi connectivity index (χ0v) is 15.6. The fourth-order valence-electron chi connectivity index (χ4n) is 3.02. The number of carbonyl (C=O) groups is 2. The Morgan fingerprint density at radius 2 is 2.00 bits per heavy atom. The fourth-order valence-corrected chi connectivity index (χ4v) is 5.86. The van der Waals surface area contributed by atoms with Crippen LogP contribution in [0.3, 0.4) is 0 Å². The molecule has 1 aromatic heterocycles. The van der Waals surface area contributed by atoms with Crippen LogP contribution in [-0.4, -0.2) is 49.7 Å². The van der Waals surface area contributed by atoms with E-state index in [1.165, 1.54) is 11.3 Å². The summed E-state index contributed by atoms with van der Waals surface area (Å²) in [7, 11) is -3.48. The van der Waals surface area contributed by atoms with E-state index in [1.807, 2.05) is 0 Å². The minimum absolute atomic E-state index is 0.142. The maximum absolute atomic E-state index is 12.8. The van der Waals surface area contributed by atoms with Crippen LogP contribution in [0.2, 0.25) is 0 Å². The van der Waals surface area contributed by atoms with Gasteiger partial charge >= 0.3 is 11.8 Å². The average Bonchev–Trinajstić information content (AvgIpc) is 3.23. The minimum atomic E-state index is -3.48. The lowest BCUT2D eigenvalue weighted by Gasteiger charge is -2.34. The molecule has 0 aromatic carbocycles. The van der Waals surface area contributed by atoms with Gasteiger partial charge in [-0.3, -0.25) is 9.59 Å². The molecule has 3 rings (SSSR count). The van der Waals surface area contributed by atoms with Gasteiger partial charge in [0.25, 0.3) is 10.0 Å². The number of nitrogens with zero attached hydrogens (tertiary/aromatic N) is 1. The first-order valence-electron chi connectivity index (χ1n) is 8.62. The Morgan fingerprint density at radius 1 is 1.20 bits per heavy atom. The summed E-state index contributed by atoms with van der Waals surface area (Å²) in [5, 5.41) is 6.99. The van der Waals surface area contributed by atoms with E-state index in [2.05, 4.69) is 10.6 Å². The molecule has 0 radical (unpaired) electrons. The van der Waals surface area contributed by atoms with E-state index >= 15 is 0 Å². The van der Waals surface area contributed by atoms with Gasteiger partial charge in [-0.05, 0) is 43.6 Å². The SMILES string of the molecule is O=C(NCC[C@@H]1CCCCN1S(=O)(=O)c1cccs1)C(=O)NC1CC1. The number of hydrogen-bond acceptors (Lipinski definition) is 5. The van der Waals surface area contributed by atoms with Crippen molar-refractivity contribution in [2.24, 2.45) is 0 Å². The highest BCUT2D eigenvalue weighted by Gasteiger charge is 2.34. The molecule has 1 aromatic rings. The molecule has 2 amide bonds. The van der Waals surface area contributed by atoms with Gasteiger partial charge in [-0.2, -0.15) is 4.31 Å². The molecule has 138 valence electrons. The van der Waals surface area contributed by atoms with Gasteiger partial charge in [-0.15, -0.1) is 11.3 Å². The van der Waals surface area contributed by atoms with Gasteiger partial charge < -0.3 is 10.6 Å². The van der Waals surface area contributed by atoms with E-state index < -0.39 is 21.8 Å². The van der Waals surface area contributed by atoms with Gasteiger partial charge in [0.15, 0.2) is 0 Å². The average molecular weight is 386 g/mol. The van der Waals surface area contributed by atoms with Crippen molar-refractivity contribution >= 4 is 33.2 Å². The Kier molecular flexibility index (Phi) is 5.75. The van der Waals surface area contributed by atoms with Crippen LogP contribution in [-0.2, 0) is 19.6 Å². The molecule has 0 bridgehead atoms. The molecule has 9 heteroatoms. The second-order valence-corrected chi connectivity index (χ2v) is 9.55. The predicted octanol–water partition coefficient (Wildman–Crippen LogP) is 1.08. The molecule has 2 aliphatic rings. The fraction of sp³-hybridized carbons (Fsp3) is 0.625. The number of hydrogen-bond donors (Lipinski definition) is 2. The quantitative estimate of drug-likeness (QED) is 0.716. The van der Waals surface area contributed by atoms with Crippen LogP contribution in [0.5, 0.6) is 0 Å². The third-order valence-corrected chi connectivity index (χ3v) is 7.84. The van der Waals surface area contributed by atoms with E-state index in [4.69, 9.17) is 0 Å². The number of amides is 2. The van der Waals surface area contributed by atoms with Crippen molar-refractivity contribution < 1.29 is 18.0 Å². The van der Waals surface area contributed by atoms with E-state index in [0.29, 0.717) is 17.2 Å². The minimum Gasteiger partial charge on any atom is -0.348 e. The van der Waals surface area contributed by atoms with Crippen LogP contribution in [0.1, 0.15) is 38.5 Å². The highest BCUT2D eigenvalue weighted by Crippen LogP contribution is 2.29. The highest BCUT2D eigenvalue weighted by molar-refractivity contribution is 7.91. The lowest BCUT2D eigenvalue weighted by atomic mass is 10.0. The first-order chi connectivity index (χ1) is 12.0. The maximum atomic E-state index is 12.8. The van der Waals surface area contributed by atoms with Gasteiger partial charge in [0.2, 0.25) is 0 Å². The third-order valence-electron chi connectivity index (χ3n) is 4.51. The van der Waals surface area contributed by atoms with Crippen LogP contribution in [0.15, 0.2) is 21.7 Å². The van der Waals surface area contributed by atoms with E-state index in [-0.39, 0.29) is 18.6 Å². The Bertz CT molecular complexity index is 714. The Labute approximate surface area is 151 Å². The molecule has 7 nitrogen and oxygen atoms in total. The second kappa shape index (κ2) is 7.84. The Morgan fingerprint density at radius 3 is 2.68 bits per heavy atom. The summed E-state index contributed by atoms with van der Waals surface area (Å²) in [5.41, 5.74) is 0. The first-order valence-corrected chi connectivity index (χ1v) is 10.9. The van der Waals surface area contributed by atoms with E-state index in [9.17, 15) is 18.0 Å². The summed E-state index contributed by atoms with van der Waals surface area (Å²) >= 11 is 1.22. The summed E-state index contributed by atoms with van der Waals surface area (Å²) < 4.78 is 27.5. The third kappa shape index (κ3) is 4.59. The van der Waals surface area contributed by atoms with Gasteiger partial charge in [0.05, 0.1) is 0 Å². The number of rotatable bonds is 6. The number of carbonyl (C=O) groups excluding carboxylic acids is 2. The van der Waals surface area contributed by atoms with E-state index in [0.717, 1.165) is 32.1 Å². The molecule has 1 aliphatic heterocycles.